The number of ether oxygens (including phenoxy) is 3. The van der Waals surface area contributed by atoms with Gasteiger partial charge in [-0.15, -0.1) is 0 Å². The van der Waals surface area contributed by atoms with Gasteiger partial charge in [-0.3, -0.25) is 4.90 Å². The molecule has 1 rings (SSSR count). The van der Waals surface area contributed by atoms with Crippen molar-refractivity contribution < 1.29 is 28.2 Å². The molecule has 6 nitrogen and oxygen atoms in total. The van der Waals surface area contributed by atoms with Gasteiger partial charge in [0.25, 0.3) is 0 Å². The largest absolute Gasteiger partial charge is 0.464 e. The lowest BCUT2D eigenvalue weighted by molar-refractivity contribution is -0.151. The molecule has 0 aromatic heterocycles. The van der Waals surface area contributed by atoms with E-state index in [0.29, 0.717) is 12.0 Å². The van der Waals surface area contributed by atoms with E-state index >= 15 is 0 Å². The van der Waals surface area contributed by atoms with Crippen LogP contribution in [0.15, 0.2) is 24.3 Å². The maximum absolute atomic E-state index is 13.1. The fraction of sp³-hybridized carbons (Fsp3) is 0.579. The van der Waals surface area contributed by atoms with Gasteiger partial charge in [-0.1, -0.05) is 19.1 Å². The second kappa shape index (κ2) is 10.1. The zero-order valence-corrected chi connectivity index (χ0v) is 16.1. The van der Waals surface area contributed by atoms with Gasteiger partial charge >= 0.3 is 12.1 Å². The molecule has 0 aliphatic rings. The standard InChI is InChI=1S/C19H28FNO5/c1-6-11-25-17(22)16(12-14-7-9-15(20)10-8-14)21(13-24-5)18(23)26-19(2,3)4/h7-10,16H,6,11-13H2,1-5H3/t16-/m0/s1. The highest BCUT2D eigenvalue weighted by Crippen LogP contribution is 2.17. The van der Waals surface area contributed by atoms with Gasteiger partial charge < -0.3 is 14.2 Å². The van der Waals surface area contributed by atoms with E-state index in [0.717, 1.165) is 0 Å². The minimum atomic E-state index is -0.943. The highest BCUT2D eigenvalue weighted by Gasteiger charge is 2.34. The van der Waals surface area contributed by atoms with E-state index in [9.17, 15) is 14.0 Å². The summed E-state index contributed by atoms with van der Waals surface area (Å²) in [5.41, 5.74) is -0.0360. The lowest BCUT2D eigenvalue weighted by Crippen LogP contribution is -2.49. The number of nitrogens with zero attached hydrogens (tertiary/aromatic N) is 1. The number of esters is 1. The molecule has 0 saturated carbocycles. The quantitative estimate of drug-likeness (QED) is 0.518. The van der Waals surface area contributed by atoms with Gasteiger partial charge in [0.15, 0.2) is 0 Å². The predicted octanol–water partition coefficient (Wildman–Crippen LogP) is 3.53. The number of hydrogen-bond donors (Lipinski definition) is 0. The Morgan fingerprint density at radius 2 is 1.81 bits per heavy atom. The average molecular weight is 369 g/mol. The molecular weight excluding hydrogens is 341 g/mol. The SMILES string of the molecule is CCCOC(=O)[C@H](Cc1ccc(F)cc1)N(COC)C(=O)OC(C)(C)C. The van der Waals surface area contributed by atoms with Gasteiger partial charge in [-0.05, 0) is 44.9 Å². The number of benzene rings is 1. The highest BCUT2D eigenvalue weighted by molar-refractivity contribution is 5.82. The molecule has 0 heterocycles. The Balaban J connectivity index is 3.09. The van der Waals surface area contributed by atoms with Crippen LogP contribution in [0.25, 0.3) is 0 Å². The predicted molar refractivity (Wildman–Crippen MR) is 95.1 cm³/mol. The summed E-state index contributed by atoms with van der Waals surface area (Å²) in [4.78, 5) is 26.3. The first-order chi connectivity index (χ1) is 12.2. The van der Waals surface area contributed by atoms with E-state index in [2.05, 4.69) is 0 Å². The Kier molecular flexibility index (Phi) is 8.51. The van der Waals surface area contributed by atoms with Crippen molar-refractivity contribution in [2.75, 3.05) is 20.4 Å². The number of rotatable bonds is 8. The first kappa shape index (κ1) is 21.9. The van der Waals surface area contributed by atoms with Crippen LogP contribution < -0.4 is 0 Å². The van der Waals surface area contributed by atoms with Crippen LogP contribution in [0, 0.1) is 5.82 Å². The molecule has 0 N–H and O–H groups in total. The van der Waals surface area contributed by atoms with Crippen molar-refractivity contribution >= 4 is 12.1 Å². The van der Waals surface area contributed by atoms with Crippen molar-refractivity contribution in [1.82, 2.24) is 4.90 Å². The number of amides is 1. The van der Waals surface area contributed by atoms with E-state index in [1.807, 2.05) is 6.92 Å². The molecule has 146 valence electrons. The molecule has 1 aromatic rings. The Labute approximate surface area is 154 Å². The fourth-order valence-corrected chi connectivity index (χ4v) is 2.19. The molecule has 1 amide bonds. The molecule has 0 radical (unpaired) electrons. The van der Waals surface area contributed by atoms with Gasteiger partial charge in [-0.25, -0.2) is 14.0 Å². The fourth-order valence-electron chi connectivity index (χ4n) is 2.19. The average Bonchev–Trinajstić information content (AvgIpc) is 2.56. The summed E-state index contributed by atoms with van der Waals surface area (Å²) < 4.78 is 28.9. The third-order valence-corrected chi connectivity index (χ3v) is 3.34. The maximum Gasteiger partial charge on any atom is 0.412 e. The molecule has 0 spiro atoms. The van der Waals surface area contributed by atoms with Crippen LogP contribution in [0.5, 0.6) is 0 Å². The molecule has 0 aliphatic heterocycles. The van der Waals surface area contributed by atoms with Crippen molar-refractivity contribution in [3.8, 4) is 0 Å². The maximum atomic E-state index is 13.1. The minimum absolute atomic E-state index is 0.137. The van der Waals surface area contributed by atoms with Crippen molar-refractivity contribution in [3.05, 3.63) is 35.6 Å². The number of halogens is 1. The molecule has 0 saturated heterocycles. The molecule has 1 aromatic carbocycles. The Morgan fingerprint density at radius 1 is 1.19 bits per heavy atom. The van der Waals surface area contributed by atoms with Crippen LogP contribution in [0.2, 0.25) is 0 Å². The normalized spacial score (nSPS) is 12.4. The van der Waals surface area contributed by atoms with Crippen molar-refractivity contribution in [3.63, 3.8) is 0 Å². The second-order valence-corrected chi connectivity index (χ2v) is 6.88. The molecule has 26 heavy (non-hydrogen) atoms. The monoisotopic (exact) mass is 369 g/mol. The molecule has 0 bridgehead atoms. The second-order valence-electron chi connectivity index (χ2n) is 6.88. The van der Waals surface area contributed by atoms with Gasteiger partial charge in [0.2, 0.25) is 0 Å². The van der Waals surface area contributed by atoms with Crippen molar-refractivity contribution in [2.45, 2.75) is 52.2 Å². The van der Waals surface area contributed by atoms with E-state index in [1.165, 1.54) is 24.1 Å². The van der Waals surface area contributed by atoms with E-state index in [1.54, 1.807) is 32.9 Å². The molecule has 7 heteroatoms. The van der Waals surface area contributed by atoms with Crippen molar-refractivity contribution in [1.29, 1.82) is 0 Å². The van der Waals surface area contributed by atoms with Gasteiger partial charge in [0.1, 0.15) is 24.2 Å². The first-order valence-corrected chi connectivity index (χ1v) is 8.57. The third kappa shape index (κ3) is 7.39. The third-order valence-electron chi connectivity index (χ3n) is 3.34. The van der Waals surface area contributed by atoms with E-state index in [-0.39, 0.29) is 25.6 Å². The lowest BCUT2D eigenvalue weighted by atomic mass is 10.0. The van der Waals surface area contributed by atoms with Gasteiger partial charge in [0.05, 0.1) is 6.61 Å². The number of hydrogen-bond acceptors (Lipinski definition) is 5. The number of carbonyl (C=O) groups excluding carboxylic acids is 2. The van der Waals surface area contributed by atoms with Gasteiger partial charge in [-0.2, -0.15) is 0 Å². The number of methoxy groups -OCH3 is 1. The first-order valence-electron chi connectivity index (χ1n) is 8.57. The summed E-state index contributed by atoms with van der Waals surface area (Å²) in [6.07, 6.45) is 0.136. The smallest absolute Gasteiger partial charge is 0.412 e. The Morgan fingerprint density at radius 3 is 2.31 bits per heavy atom. The minimum Gasteiger partial charge on any atom is -0.464 e. The zero-order chi connectivity index (χ0) is 19.7. The summed E-state index contributed by atoms with van der Waals surface area (Å²) >= 11 is 0. The molecule has 0 aliphatic carbocycles. The molecule has 1 atom stereocenters. The topological polar surface area (TPSA) is 65.1 Å². The van der Waals surface area contributed by atoms with Crippen LogP contribution in [-0.4, -0.2) is 49.1 Å². The molecular formula is C19H28FNO5. The highest BCUT2D eigenvalue weighted by atomic mass is 19.1. The Hall–Kier alpha value is -2.15. The van der Waals surface area contributed by atoms with E-state index < -0.39 is 23.7 Å². The summed E-state index contributed by atoms with van der Waals surface area (Å²) in [6.45, 7) is 7.19. The van der Waals surface area contributed by atoms with E-state index in [4.69, 9.17) is 14.2 Å². The summed E-state index contributed by atoms with van der Waals surface area (Å²) in [5.74, 6) is -0.932. The lowest BCUT2D eigenvalue weighted by Gasteiger charge is -2.31. The molecule has 0 unspecified atom stereocenters. The van der Waals surface area contributed by atoms with Gasteiger partial charge in [0, 0.05) is 13.5 Å². The molecule has 0 fully saturated rings. The van der Waals surface area contributed by atoms with Crippen molar-refractivity contribution in [2.24, 2.45) is 0 Å². The zero-order valence-electron chi connectivity index (χ0n) is 16.1. The summed E-state index contributed by atoms with van der Waals surface area (Å²) in [6, 6.07) is 4.79. The summed E-state index contributed by atoms with van der Waals surface area (Å²) in [7, 11) is 1.42. The van der Waals surface area contributed by atoms with Crippen LogP contribution in [0.3, 0.4) is 0 Å². The van der Waals surface area contributed by atoms with Crippen LogP contribution >= 0.6 is 0 Å². The van der Waals surface area contributed by atoms with Crippen LogP contribution in [0.1, 0.15) is 39.7 Å². The van der Waals surface area contributed by atoms with Crippen LogP contribution in [0.4, 0.5) is 9.18 Å². The Bertz CT molecular complexity index is 583. The number of carbonyl (C=O) groups is 2. The summed E-state index contributed by atoms with van der Waals surface area (Å²) in [5, 5.41) is 0. The van der Waals surface area contributed by atoms with Crippen LogP contribution in [-0.2, 0) is 25.4 Å².